The van der Waals surface area contributed by atoms with E-state index in [1.54, 1.807) is 22.7 Å². The molecule has 0 fully saturated rings. The molecule has 0 radical (unpaired) electrons. The Balaban J connectivity index is 1.54. The maximum atomic E-state index is 12.7. The van der Waals surface area contributed by atoms with Crippen LogP contribution in [0.3, 0.4) is 0 Å². The van der Waals surface area contributed by atoms with Crippen molar-refractivity contribution in [2.24, 2.45) is 0 Å². The van der Waals surface area contributed by atoms with Gasteiger partial charge in [0.1, 0.15) is 0 Å². The average Bonchev–Trinajstić information content (AvgIpc) is 2.71. The van der Waals surface area contributed by atoms with E-state index in [-0.39, 0.29) is 36.6 Å². The summed E-state index contributed by atoms with van der Waals surface area (Å²) in [5, 5.41) is 5.66. The van der Waals surface area contributed by atoms with Gasteiger partial charge in [-0.3, -0.25) is 14.4 Å². The molecule has 2 aromatic carbocycles. The highest BCUT2D eigenvalue weighted by atomic mass is 32.2. The molecule has 0 bridgehead atoms. The van der Waals surface area contributed by atoms with Crippen molar-refractivity contribution in [1.29, 1.82) is 0 Å². The number of hydrogen-bond donors (Lipinski definition) is 2. The number of hydrogen-bond acceptors (Lipinski definition) is 4. The zero-order valence-electron chi connectivity index (χ0n) is 16.6. The molecular formula is C22H25N3O3S. The molecule has 29 heavy (non-hydrogen) atoms. The Morgan fingerprint density at radius 3 is 2.69 bits per heavy atom. The third-order valence-electron chi connectivity index (χ3n) is 4.68. The molecule has 0 saturated heterocycles. The number of rotatable bonds is 6. The predicted molar refractivity (Wildman–Crippen MR) is 116 cm³/mol. The van der Waals surface area contributed by atoms with Crippen molar-refractivity contribution in [1.82, 2.24) is 5.32 Å². The standard InChI is InChI=1S/C22H25N3O3S/c1-15(17-6-5-7-18(14-17)24-16(2)26)23-21(27)10-11-22(28)25-12-13-29-20-9-4-3-8-19(20)25/h3-9,14-15H,10-13H2,1-2H3,(H,23,27)(H,24,26). The van der Waals surface area contributed by atoms with Crippen molar-refractivity contribution in [3.05, 3.63) is 54.1 Å². The zero-order chi connectivity index (χ0) is 20.8. The van der Waals surface area contributed by atoms with Crippen LogP contribution in [-0.2, 0) is 14.4 Å². The fourth-order valence-electron chi connectivity index (χ4n) is 3.27. The Hall–Kier alpha value is -2.80. The minimum absolute atomic E-state index is 0.0341. The Morgan fingerprint density at radius 2 is 1.90 bits per heavy atom. The second-order valence-electron chi connectivity index (χ2n) is 6.96. The first kappa shape index (κ1) is 20.9. The summed E-state index contributed by atoms with van der Waals surface area (Å²) in [7, 11) is 0. The number of carbonyl (C=O) groups excluding carboxylic acids is 3. The summed E-state index contributed by atoms with van der Waals surface area (Å²) in [6.07, 6.45) is 0.309. The van der Waals surface area contributed by atoms with Gasteiger partial charge in [-0.1, -0.05) is 24.3 Å². The second-order valence-corrected chi connectivity index (χ2v) is 8.09. The Morgan fingerprint density at radius 1 is 1.10 bits per heavy atom. The molecule has 3 amide bonds. The van der Waals surface area contributed by atoms with Crippen LogP contribution in [0.1, 0.15) is 38.3 Å². The van der Waals surface area contributed by atoms with E-state index in [4.69, 9.17) is 0 Å². The SMILES string of the molecule is CC(=O)Nc1cccc(C(C)NC(=O)CCC(=O)N2CCSc3ccccc32)c1. The fourth-order valence-corrected chi connectivity index (χ4v) is 4.26. The lowest BCUT2D eigenvalue weighted by Crippen LogP contribution is -2.36. The summed E-state index contributed by atoms with van der Waals surface area (Å²) in [6.45, 7) is 3.99. The molecule has 1 atom stereocenters. The van der Waals surface area contributed by atoms with E-state index in [0.29, 0.717) is 12.2 Å². The van der Waals surface area contributed by atoms with Crippen LogP contribution >= 0.6 is 11.8 Å². The van der Waals surface area contributed by atoms with Crippen LogP contribution in [0.2, 0.25) is 0 Å². The molecule has 152 valence electrons. The minimum Gasteiger partial charge on any atom is -0.350 e. The summed E-state index contributed by atoms with van der Waals surface area (Å²) in [4.78, 5) is 39.1. The monoisotopic (exact) mass is 411 g/mol. The first-order chi connectivity index (χ1) is 13.9. The van der Waals surface area contributed by atoms with E-state index >= 15 is 0 Å². The molecule has 0 aromatic heterocycles. The molecule has 1 aliphatic rings. The van der Waals surface area contributed by atoms with Crippen LogP contribution < -0.4 is 15.5 Å². The summed E-state index contributed by atoms with van der Waals surface area (Å²) in [5.41, 5.74) is 2.50. The number of amides is 3. The molecule has 2 N–H and O–H groups in total. The second kappa shape index (κ2) is 9.60. The van der Waals surface area contributed by atoms with Gasteiger partial charge in [-0.15, -0.1) is 11.8 Å². The van der Waals surface area contributed by atoms with Crippen molar-refractivity contribution >= 4 is 40.9 Å². The molecule has 2 aromatic rings. The summed E-state index contributed by atoms with van der Waals surface area (Å²) in [6, 6.07) is 15.0. The Labute approximate surface area is 175 Å². The lowest BCUT2D eigenvalue weighted by atomic mass is 10.1. The molecule has 0 aliphatic carbocycles. The van der Waals surface area contributed by atoms with E-state index < -0.39 is 0 Å². The molecule has 0 saturated carbocycles. The van der Waals surface area contributed by atoms with Crippen LogP contribution in [0.15, 0.2) is 53.4 Å². The highest BCUT2D eigenvalue weighted by Gasteiger charge is 2.23. The number of anilines is 2. The third-order valence-corrected chi connectivity index (χ3v) is 5.72. The van der Waals surface area contributed by atoms with E-state index in [0.717, 1.165) is 21.9 Å². The van der Waals surface area contributed by atoms with Gasteiger partial charge >= 0.3 is 0 Å². The smallest absolute Gasteiger partial charge is 0.227 e. The molecule has 7 heteroatoms. The van der Waals surface area contributed by atoms with E-state index in [2.05, 4.69) is 10.6 Å². The van der Waals surface area contributed by atoms with E-state index in [1.165, 1.54) is 6.92 Å². The number of fused-ring (bicyclic) bond motifs is 1. The van der Waals surface area contributed by atoms with E-state index in [1.807, 2.05) is 49.4 Å². The van der Waals surface area contributed by atoms with Crippen molar-refractivity contribution < 1.29 is 14.4 Å². The summed E-state index contributed by atoms with van der Waals surface area (Å²) >= 11 is 1.75. The van der Waals surface area contributed by atoms with Crippen molar-refractivity contribution in [3.8, 4) is 0 Å². The van der Waals surface area contributed by atoms with Crippen LogP contribution in [-0.4, -0.2) is 30.0 Å². The lowest BCUT2D eigenvalue weighted by molar-refractivity contribution is -0.125. The molecule has 3 rings (SSSR count). The van der Waals surface area contributed by atoms with Gasteiger partial charge in [-0.25, -0.2) is 0 Å². The summed E-state index contributed by atoms with van der Waals surface area (Å²) < 4.78 is 0. The number of nitrogens with zero attached hydrogens (tertiary/aromatic N) is 1. The Kier molecular flexibility index (Phi) is 6.93. The normalized spacial score (nSPS) is 13.9. The van der Waals surface area contributed by atoms with Gasteiger partial charge < -0.3 is 15.5 Å². The van der Waals surface area contributed by atoms with Gasteiger partial charge in [0.15, 0.2) is 0 Å². The summed E-state index contributed by atoms with van der Waals surface area (Å²) in [5.74, 6) is 0.509. The van der Waals surface area contributed by atoms with Crippen LogP contribution in [0.25, 0.3) is 0 Å². The fraction of sp³-hybridized carbons (Fsp3) is 0.318. The van der Waals surface area contributed by atoms with Gasteiger partial charge in [0.2, 0.25) is 17.7 Å². The first-order valence-corrected chi connectivity index (χ1v) is 10.6. The van der Waals surface area contributed by atoms with Gasteiger partial charge in [-0.2, -0.15) is 0 Å². The highest BCUT2D eigenvalue weighted by Crippen LogP contribution is 2.34. The number of carbonyl (C=O) groups is 3. The van der Waals surface area contributed by atoms with Crippen LogP contribution in [0, 0.1) is 0 Å². The molecular weight excluding hydrogens is 386 g/mol. The molecule has 1 unspecified atom stereocenters. The number of thioether (sulfide) groups is 1. The van der Waals surface area contributed by atoms with Gasteiger partial charge in [0.05, 0.1) is 11.7 Å². The maximum Gasteiger partial charge on any atom is 0.227 e. The van der Waals surface area contributed by atoms with Gasteiger partial charge in [0.25, 0.3) is 0 Å². The topological polar surface area (TPSA) is 78.5 Å². The lowest BCUT2D eigenvalue weighted by Gasteiger charge is -2.29. The van der Waals surface area contributed by atoms with Crippen LogP contribution in [0.5, 0.6) is 0 Å². The Bertz CT molecular complexity index is 916. The molecule has 1 heterocycles. The number of nitrogens with one attached hydrogen (secondary N) is 2. The van der Waals surface area contributed by atoms with Gasteiger partial charge in [0, 0.05) is 42.6 Å². The van der Waals surface area contributed by atoms with Crippen LogP contribution in [0.4, 0.5) is 11.4 Å². The quantitative estimate of drug-likeness (QED) is 0.759. The molecule has 0 spiro atoms. The predicted octanol–water partition coefficient (Wildman–Crippen LogP) is 3.74. The number of para-hydroxylation sites is 1. The largest absolute Gasteiger partial charge is 0.350 e. The number of benzene rings is 2. The van der Waals surface area contributed by atoms with E-state index in [9.17, 15) is 14.4 Å². The molecule has 6 nitrogen and oxygen atoms in total. The highest BCUT2D eigenvalue weighted by molar-refractivity contribution is 7.99. The minimum atomic E-state index is -0.224. The third kappa shape index (κ3) is 5.60. The van der Waals surface area contributed by atoms with Gasteiger partial charge in [-0.05, 0) is 36.8 Å². The maximum absolute atomic E-state index is 12.7. The van der Waals surface area contributed by atoms with Crippen molar-refractivity contribution in [2.75, 3.05) is 22.5 Å². The van der Waals surface area contributed by atoms with Crippen molar-refractivity contribution in [3.63, 3.8) is 0 Å². The average molecular weight is 412 g/mol. The molecule has 1 aliphatic heterocycles. The first-order valence-electron chi connectivity index (χ1n) is 9.63. The zero-order valence-corrected chi connectivity index (χ0v) is 17.4. The van der Waals surface area contributed by atoms with Crippen molar-refractivity contribution in [2.45, 2.75) is 37.6 Å².